The second-order valence-electron chi connectivity index (χ2n) is 4.66. The first-order chi connectivity index (χ1) is 7.58. The molecule has 0 amide bonds. The van der Waals surface area contributed by atoms with Crippen LogP contribution in [-0.4, -0.2) is 7.11 Å². The molecule has 0 aliphatic heterocycles. The number of aryl methyl sites for hydroxylation is 1. The molecule has 0 heterocycles. The van der Waals surface area contributed by atoms with Crippen LogP contribution in [0.15, 0.2) is 18.2 Å². The van der Waals surface area contributed by atoms with Gasteiger partial charge in [-0.05, 0) is 36.0 Å². The van der Waals surface area contributed by atoms with Crippen LogP contribution in [0.2, 0.25) is 0 Å². The predicted octanol–water partition coefficient (Wildman–Crippen LogP) is 3.30. The van der Waals surface area contributed by atoms with Crippen molar-refractivity contribution in [3.05, 3.63) is 29.3 Å². The van der Waals surface area contributed by atoms with Crippen LogP contribution in [0, 0.1) is 5.92 Å². The Hall–Kier alpha value is -1.02. The van der Waals surface area contributed by atoms with Crippen LogP contribution in [-0.2, 0) is 6.42 Å². The zero-order valence-electron chi connectivity index (χ0n) is 10.8. The third-order valence-corrected chi connectivity index (χ3v) is 2.84. The molecule has 0 bridgehead atoms. The highest BCUT2D eigenvalue weighted by molar-refractivity contribution is 5.38. The minimum atomic E-state index is 0.135. The zero-order chi connectivity index (χ0) is 12.1. The number of hydrogen-bond acceptors (Lipinski definition) is 2. The summed E-state index contributed by atoms with van der Waals surface area (Å²) in [6.07, 6.45) is 2.00. The standard InChI is InChI=1S/C14H23NO/c1-5-11-9-12(6-7-14(11)16-4)13(15)8-10(2)3/h6-7,9-10,13H,5,8,15H2,1-4H3. The van der Waals surface area contributed by atoms with E-state index in [-0.39, 0.29) is 6.04 Å². The van der Waals surface area contributed by atoms with Crippen molar-refractivity contribution in [2.24, 2.45) is 11.7 Å². The van der Waals surface area contributed by atoms with Gasteiger partial charge in [0.25, 0.3) is 0 Å². The number of nitrogens with two attached hydrogens (primary N) is 1. The molecule has 0 saturated heterocycles. The maximum atomic E-state index is 6.17. The molecule has 1 rings (SSSR count). The molecule has 2 heteroatoms. The summed E-state index contributed by atoms with van der Waals surface area (Å²) in [7, 11) is 1.71. The third kappa shape index (κ3) is 3.24. The Kier molecular flexibility index (Phi) is 4.81. The Balaban J connectivity index is 2.89. The lowest BCUT2D eigenvalue weighted by Crippen LogP contribution is -2.13. The molecule has 2 nitrogen and oxygen atoms in total. The van der Waals surface area contributed by atoms with Crippen molar-refractivity contribution in [1.82, 2.24) is 0 Å². The molecule has 0 spiro atoms. The SMILES string of the molecule is CCc1cc(C(N)CC(C)C)ccc1OC. The van der Waals surface area contributed by atoms with E-state index in [1.165, 1.54) is 11.1 Å². The average molecular weight is 221 g/mol. The minimum Gasteiger partial charge on any atom is -0.496 e. The Labute approximate surface area is 98.8 Å². The van der Waals surface area contributed by atoms with Crippen LogP contribution >= 0.6 is 0 Å². The van der Waals surface area contributed by atoms with E-state index in [1.54, 1.807) is 7.11 Å². The molecule has 90 valence electrons. The summed E-state index contributed by atoms with van der Waals surface area (Å²) in [5.74, 6) is 1.59. The van der Waals surface area contributed by atoms with Crippen molar-refractivity contribution in [2.75, 3.05) is 7.11 Å². The van der Waals surface area contributed by atoms with Crippen molar-refractivity contribution in [2.45, 2.75) is 39.7 Å². The highest BCUT2D eigenvalue weighted by atomic mass is 16.5. The van der Waals surface area contributed by atoms with E-state index in [0.29, 0.717) is 5.92 Å². The summed E-state index contributed by atoms with van der Waals surface area (Å²) < 4.78 is 5.31. The van der Waals surface area contributed by atoms with E-state index in [0.717, 1.165) is 18.6 Å². The number of benzene rings is 1. The molecule has 1 aromatic rings. The highest BCUT2D eigenvalue weighted by Gasteiger charge is 2.10. The van der Waals surface area contributed by atoms with Crippen LogP contribution < -0.4 is 10.5 Å². The second-order valence-corrected chi connectivity index (χ2v) is 4.66. The van der Waals surface area contributed by atoms with Crippen molar-refractivity contribution in [3.8, 4) is 5.75 Å². The smallest absolute Gasteiger partial charge is 0.122 e. The van der Waals surface area contributed by atoms with Gasteiger partial charge in [-0.2, -0.15) is 0 Å². The molecule has 0 aromatic heterocycles. The van der Waals surface area contributed by atoms with Gasteiger partial charge in [0.1, 0.15) is 5.75 Å². The third-order valence-electron chi connectivity index (χ3n) is 2.84. The van der Waals surface area contributed by atoms with Gasteiger partial charge in [-0.3, -0.25) is 0 Å². The quantitative estimate of drug-likeness (QED) is 0.828. The first-order valence-electron chi connectivity index (χ1n) is 6.00. The van der Waals surface area contributed by atoms with Gasteiger partial charge in [0, 0.05) is 6.04 Å². The van der Waals surface area contributed by atoms with Crippen LogP contribution in [0.5, 0.6) is 5.75 Å². The molecule has 0 aliphatic rings. The summed E-state index contributed by atoms with van der Waals surface area (Å²) in [5, 5.41) is 0. The van der Waals surface area contributed by atoms with Crippen LogP contribution in [0.3, 0.4) is 0 Å². The van der Waals surface area contributed by atoms with Gasteiger partial charge in [-0.1, -0.05) is 32.9 Å². The van der Waals surface area contributed by atoms with Crippen LogP contribution in [0.1, 0.15) is 44.4 Å². The Morgan fingerprint density at radius 1 is 1.31 bits per heavy atom. The maximum Gasteiger partial charge on any atom is 0.122 e. The first-order valence-corrected chi connectivity index (χ1v) is 6.00. The predicted molar refractivity (Wildman–Crippen MR) is 68.8 cm³/mol. The lowest BCUT2D eigenvalue weighted by atomic mass is 9.96. The lowest BCUT2D eigenvalue weighted by Gasteiger charge is -2.16. The van der Waals surface area contributed by atoms with Gasteiger partial charge >= 0.3 is 0 Å². The lowest BCUT2D eigenvalue weighted by molar-refractivity contribution is 0.409. The van der Waals surface area contributed by atoms with Gasteiger partial charge in [0.05, 0.1) is 7.11 Å². The summed E-state index contributed by atoms with van der Waals surface area (Å²) in [6, 6.07) is 6.40. The molecule has 2 N–H and O–H groups in total. The fourth-order valence-electron chi connectivity index (χ4n) is 1.95. The summed E-state index contributed by atoms with van der Waals surface area (Å²) in [4.78, 5) is 0. The maximum absolute atomic E-state index is 6.17. The van der Waals surface area contributed by atoms with Gasteiger partial charge in [-0.15, -0.1) is 0 Å². The van der Waals surface area contributed by atoms with E-state index in [9.17, 15) is 0 Å². The van der Waals surface area contributed by atoms with E-state index < -0.39 is 0 Å². The minimum absolute atomic E-state index is 0.135. The second kappa shape index (κ2) is 5.90. The van der Waals surface area contributed by atoms with Gasteiger partial charge in [-0.25, -0.2) is 0 Å². The largest absolute Gasteiger partial charge is 0.496 e. The van der Waals surface area contributed by atoms with Crippen molar-refractivity contribution in [3.63, 3.8) is 0 Å². The zero-order valence-corrected chi connectivity index (χ0v) is 10.8. The molecule has 0 radical (unpaired) electrons. The molecular weight excluding hydrogens is 198 g/mol. The Morgan fingerprint density at radius 2 is 2.00 bits per heavy atom. The summed E-state index contributed by atoms with van der Waals surface area (Å²) in [6.45, 7) is 6.53. The van der Waals surface area contributed by atoms with E-state index in [1.807, 2.05) is 6.07 Å². The molecule has 1 aromatic carbocycles. The first kappa shape index (κ1) is 13.0. The number of ether oxygens (including phenoxy) is 1. The molecular formula is C14H23NO. The fourth-order valence-corrected chi connectivity index (χ4v) is 1.95. The Morgan fingerprint density at radius 3 is 2.50 bits per heavy atom. The number of rotatable bonds is 5. The van der Waals surface area contributed by atoms with Crippen molar-refractivity contribution in [1.29, 1.82) is 0 Å². The molecule has 0 saturated carbocycles. The molecule has 1 unspecified atom stereocenters. The fraction of sp³-hybridized carbons (Fsp3) is 0.571. The van der Waals surface area contributed by atoms with Crippen LogP contribution in [0.4, 0.5) is 0 Å². The monoisotopic (exact) mass is 221 g/mol. The van der Waals surface area contributed by atoms with E-state index >= 15 is 0 Å². The molecule has 1 atom stereocenters. The average Bonchev–Trinajstić information content (AvgIpc) is 2.27. The van der Waals surface area contributed by atoms with Gasteiger partial charge in [0.15, 0.2) is 0 Å². The van der Waals surface area contributed by atoms with E-state index in [4.69, 9.17) is 10.5 Å². The normalized spacial score (nSPS) is 12.9. The van der Waals surface area contributed by atoms with Crippen molar-refractivity contribution >= 4 is 0 Å². The van der Waals surface area contributed by atoms with Crippen molar-refractivity contribution < 1.29 is 4.74 Å². The number of hydrogen-bond donors (Lipinski definition) is 1. The topological polar surface area (TPSA) is 35.2 Å². The van der Waals surface area contributed by atoms with E-state index in [2.05, 4.69) is 32.9 Å². The molecule has 0 fully saturated rings. The van der Waals surface area contributed by atoms with Gasteiger partial charge < -0.3 is 10.5 Å². The number of methoxy groups -OCH3 is 1. The summed E-state index contributed by atoms with van der Waals surface area (Å²) in [5.41, 5.74) is 8.62. The Bertz CT molecular complexity index is 334. The highest BCUT2D eigenvalue weighted by Crippen LogP contribution is 2.25. The van der Waals surface area contributed by atoms with Gasteiger partial charge in [0.2, 0.25) is 0 Å². The molecule has 0 aliphatic carbocycles. The molecule has 16 heavy (non-hydrogen) atoms. The summed E-state index contributed by atoms with van der Waals surface area (Å²) >= 11 is 0. The van der Waals surface area contributed by atoms with Crippen LogP contribution in [0.25, 0.3) is 0 Å².